The van der Waals surface area contributed by atoms with Crippen LogP contribution in [0.15, 0.2) is 43.0 Å². The number of aryl methyl sites for hydroxylation is 2. The minimum absolute atomic E-state index is 0.819. The molecular formula is C12H13N3. The van der Waals surface area contributed by atoms with Gasteiger partial charge >= 0.3 is 0 Å². The van der Waals surface area contributed by atoms with E-state index in [2.05, 4.69) is 9.97 Å². The Hall–Kier alpha value is -1.90. The fraction of sp³-hybridized carbons (Fsp3) is 0.167. The van der Waals surface area contributed by atoms with Crippen molar-refractivity contribution in [3.8, 4) is 0 Å². The number of rotatable bonds is 3. The van der Waals surface area contributed by atoms with Crippen molar-refractivity contribution >= 4 is 5.69 Å². The molecule has 0 radical (unpaired) electrons. The first-order valence-electron chi connectivity index (χ1n) is 4.93. The van der Waals surface area contributed by atoms with Gasteiger partial charge in [0.05, 0.1) is 0 Å². The smallest absolute Gasteiger partial charge is 0.0377 e. The Morgan fingerprint density at radius 2 is 1.67 bits per heavy atom. The Balaban J connectivity index is 2.03. The summed E-state index contributed by atoms with van der Waals surface area (Å²) >= 11 is 0. The van der Waals surface area contributed by atoms with E-state index in [9.17, 15) is 0 Å². The van der Waals surface area contributed by atoms with E-state index in [-0.39, 0.29) is 0 Å². The molecule has 0 amide bonds. The summed E-state index contributed by atoms with van der Waals surface area (Å²) in [6.07, 6.45) is 9.05. The molecule has 15 heavy (non-hydrogen) atoms. The van der Waals surface area contributed by atoms with E-state index in [1.807, 2.05) is 36.8 Å². The molecule has 2 heterocycles. The predicted molar refractivity (Wildman–Crippen MR) is 60.3 cm³/mol. The second kappa shape index (κ2) is 4.55. The van der Waals surface area contributed by atoms with Crippen LogP contribution in [0.2, 0.25) is 0 Å². The molecule has 76 valence electrons. The van der Waals surface area contributed by atoms with E-state index < -0.39 is 0 Å². The van der Waals surface area contributed by atoms with Crippen LogP contribution in [0.5, 0.6) is 0 Å². The van der Waals surface area contributed by atoms with Crippen molar-refractivity contribution in [2.24, 2.45) is 0 Å². The number of aromatic nitrogens is 2. The molecule has 2 aromatic rings. The summed E-state index contributed by atoms with van der Waals surface area (Å²) in [5, 5.41) is 0. The summed E-state index contributed by atoms with van der Waals surface area (Å²) in [6, 6.07) is 5.88. The first-order valence-corrected chi connectivity index (χ1v) is 4.93. The molecule has 0 aliphatic carbocycles. The monoisotopic (exact) mass is 199 g/mol. The minimum atomic E-state index is 0.819. The average molecular weight is 199 g/mol. The largest absolute Gasteiger partial charge is 0.398 e. The van der Waals surface area contributed by atoms with Crippen molar-refractivity contribution in [1.82, 2.24) is 9.97 Å². The van der Waals surface area contributed by atoms with Gasteiger partial charge in [0.25, 0.3) is 0 Å². The van der Waals surface area contributed by atoms with Gasteiger partial charge in [0, 0.05) is 30.5 Å². The number of hydrogen-bond acceptors (Lipinski definition) is 3. The van der Waals surface area contributed by atoms with Gasteiger partial charge in [-0.3, -0.25) is 9.97 Å². The van der Waals surface area contributed by atoms with Crippen LogP contribution in [0.1, 0.15) is 11.1 Å². The van der Waals surface area contributed by atoms with Gasteiger partial charge in [-0.1, -0.05) is 0 Å². The van der Waals surface area contributed by atoms with Crippen LogP contribution in [-0.2, 0) is 12.8 Å². The molecule has 0 atom stereocenters. The summed E-state index contributed by atoms with van der Waals surface area (Å²) in [7, 11) is 0. The molecule has 3 heteroatoms. The molecule has 0 saturated heterocycles. The van der Waals surface area contributed by atoms with E-state index in [1.54, 1.807) is 6.20 Å². The number of pyridine rings is 2. The Kier molecular flexibility index (Phi) is 2.93. The lowest BCUT2D eigenvalue weighted by atomic mass is 10.1. The van der Waals surface area contributed by atoms with Crippen LogP contribution in [0.25, 0.3) is 0 Å². The molecule has 0 saturated carbocycles. The van der Waals surface area contributed by atoms with Gasteiger partial charge in [0.1, 0.15) is 0 Å². The van der Waals surface area contributed by atoms with Gasteiger partial charge < -0.3 is 5.73 Å². The molecule has 2 aromatic heterocycles. The third-order valence-corrected chi connectivity index (χ3v) is 2.37. The summed E-state index contributed by atoms with van der Waals surface area (Å²) in [6.45, 7) is 0. The van der Waals surface area contributed by atoms with Crippen molar-refractivity contribution in [3.63, 3.8) is 0 Å². The van der Waals surface area contributed by atoms with Crippen molar-refractivity contribution < 1.29 is 0 Å². The second-order valence-electron chi connectivity index (χ2n) is 3.43. The number of nitrogens with zero attached hydrogens (tertiary/aromatic N) is 2. The van der Waals surface area contributed by atoms with E-state index in [4.69, 9.17) is 5.73 Å². The standard InChI is InChI=1S/C12H13N3/c13-12-5-8-15-9-11(12)2-1-10-3-6-14-7-4-10/h3-9H,1-2H2,(H2,13,15). The normalized spacial score (nSPS) is 10.1. The molecule has 0 aliphatic rings. The first kappa shape index (κ1) is 9.65. The summed E-state index contributed by atoms with van der Waals surface area (Å²) < 4.78 is 0. The predicted octanol–water partition coefficient (Wildman–Crippen LogP) is 1.84. The van der Waals surface area contributed by atoms with Crippen molar-refractivity contribution in [1.29, 1.82) is 0 Å². The summed E-state index contributed by atoms with van der Waals surface area (Å²) in [5.41, 5.74) is 9.03. The highest BCUT2D eigenvalue weighted by molar-refractivity contribution is 5.44. The molecule has 3 nitrogen and oxygen atoms in total. The molecule has 2 N–H and O–H groups in total. The van der Waals surface area contributed by atoms with Crippen LogP contribution < -0.4 is 5.73 Å². The lowest BCUT2D eigenvalue weighted by molar-refractivity contribution is 0.948. The zero-order valence-corrected chi connectivity index (χ0v) is 8.43. The van der Waals surface area contributed by atoms with Gasteiger partial charge in [0.15, 0.2) is 0 Å². The van der Waals surface area contributed by atoms with Gasteiger partial charge in [-0.25, -0.2) is 0 Å². The van der Waals surface area contributed by atoms with Crippen LogP contribution in [0.4, 0.5) is 5.69 Å². The van der Waals surface area contributed by atoms with Crippen molar-refractivity contribution in [3.05, 3.63) is 54.1 Å². The van der Waals surface area contributed by atoms with E-state index in [0.717, 1.165) is 24.1 Å². The van der Waals surface area contributed by atoms with Gasteiger partial charge in [-0.2, -0.15) is 0 Å². The van der Waals surface area contributed by atoms with E-state index in [1.165, 1.54) is 5.56 Å². The molecule has 0 spiro atoms. The molecule has 0 aliphatic heterocycles. The van der Waals surface area contributed by atoms with Gasteiger partial charge in [-0.05, 0) is 42.2 Å². The number of nitrogen functional groups attached to an aromatic ring is 1. The molecule has 2 rings (SSSR count). The van der Waals surface area contributed by atoms with Gasteiger partial charge in [0.2, 0.25) is 0 Å². The minimum Gasteiger partial charge on any atom is -0.398 e. The van der Waals surface area contributed by atoms with Crippen LogP contribution in [0.3, 0.4) is 0 Å². The highest BCUT2D eigenvalue weighted by Crippen LogP contribution is 2.12. The van der Waals surface area contributed by atoms with E-state index >= 15 is 0 Å². The Morgan fingerprint density at radius 3 is 2.40 bits per heavy atom. The molecule has 0 fully saturated rings. The first-order chi connectivity index (χ1) is 7.36. The number of anilines is 1. The Bertz CT molecular complexity index is 426. The van der Waals surface area contributed by atoms with E-state index in [0.29, 0.717) is 0 Å². The SMILES string of the molecule is Nc1ccncc1CCc1ccncc1. The Labute approximate surface area is 89.0 Å². The van der Waals surface area contributed by atoms with Crippen molar-refractivity contribution in [2.45, 2.75) is 12.8 Å². The summed E-state index contributed by atoms with van der Waals surface area (Å²) in [5.74, 6) is 0. The zero-order chi connectivity index (χ0) is 10.5. The zero-order valence-electron chi connectivity index (χ0n) is 8.43. The topological polar surface area (TPSA) is 51.8 Å². The fourth-order valence-electron chi connectivity index (χ4n) is 1.48. The Morgan fingerprint density at radius 1 is 0.933 bits per heavy atom. The lowest BCUT2D eigenvalue weighted by Crippen LogP contribution is -1.97. The van der Waals surface area contributed by atoms with Crippen LogP contribution in [-0.4, -0.2) is 9.97 Å². The third-order valence-electron chi connectivity index (χ3n) is 2.37. The fourth-order valence-corrected chi connectivity index (χ4v) is 1.48. The molecule has 0 unspecified atom stereocenters. The maximum absolute atomic E-state index is 5.83. The third kappa shape index (κ3) is 2.53. The average Bonchev–Trinajstić information content (AvgIpc) is 2.29. The van der Waals surface area contributed by atoms with Crippen molar-refractivity contribution in [2.75, 3.05) is 5.73 Å². The van der Waals surface area contributed by atoms with Crippen LogP contribution >= 0.6 is 0 Å². The van der Waals surface area contributed by atoms with Gasteiger partial charge in [-0.15, -0.1) is 0 Å². The number of nitrogens with two attached hydrogens (primary N) is 1. The maximum Gasteiger partial charge on any atom is 0.0377 e. The quantitative estimate of drug-likeness (QED) is 0.820. The maximum atomic E-state index is 5.83. The highest BCUT2D eigenvalue weighted by Gasteiger charge is 1.99. The number of hydrogen-bond donors (Lipinski definition) is 1. The summed E-state index contributed by atoms with van der Waals surface area (Å²) in [4.78, 5) is 8.05. The van der Waals surface area contributed by atoms with Crippen LogP contribution in [0, 0.1) is 0 Å². The second-order valence-corrected chi connectivity index (χ2v) is 3.43. The molecule has 0 bridgehead atoms. The highest BCUT2D eigenvalue weighted by atomic mass is 14.7. The molecule has 0 aromatic carbocycles. The molecular weight excluding hydrogens is 186 g/mol. The lowest BCUT2D eigenvalue weighted by Gasteiger charge is -2.04.